The highest BCUT2D eigenvalue weighted by Crippen LogP contribution is 2.14. The molecule has 0 aromatic heterocycles. The first-order valence-corrected chi connectivity index (χ1v) is 13.1. The van der Waals surface area contributed by atoms with E-state index in [0.29, 0.717) is 25.8 Å². The molecule has 0 heterocycles. The Morgan fingerprint density at radius 1 is 0.615 bits per heavy atom. The summed E-state index contributed by atoms with van der Waals surface area (Å²) < 4.78 is 16.5. The monoisotopic (exact) mass is 532 g/mol. The van der Waals surface area contributed by atoms with Gasteiger partial charge in [0.05, 0.1) is 13.1 Å². The van der Waals surface area contributed by atoms with Crippen LogP contribution in [0.1, 0.15) is 36.0 Å². The summed E-state index contributed by atoms with van der Waals surface area (Å²) in [6.07, 6.45) is 1.67. The van der Waals surface area contributed by atoms with Gasteiger partial charge in [-0.1, -0.05) is 97.4 Å². The summed E-state index contributed by atoms with van der Waals surface area (Å²) in [5.41, 5.74) is 8.18. The minimum absolute atomic E-state index is 0.0812. The molecule has 0 aliphatic carbocycles. The molecule has 0 radical (unpaired) electrons. The lowest BCUT2D eigenvalue weighted by molar-refractivity contribution is -0.158. The standard InChI is InChI=1S/C31H36N2O6/c32-19-11-10-18-28(31(36)39-24-27-16-8-3-9-17-27)33(20-29(34)37-22-25-12-4-1-5-13-25)21-30(35)38-23-26-14-6-2-7-15-26/h1-9,12-17,28H,10-11,18-24,32H2. The van der Waals surface area contributed by atoms with Crippen molar-refractivity contribution in [1.29, 1.82) is 0 Å². The number of carbonyl (C=O) groups excluding carboxylic acids is 3. The Morgan fingerprint density at radius 3 is 1.44 bits per heavy atom. The van der Waals surface area contributed by atoms with Crippen molar-refractivity contribution in [2.75, 3.05) is 19.6 Å². The molecule has 0 saturated heterocycles. The molecule has 3 aromatic rings. The molecule has 0 bridgehead atoms. The molecule has 3 aromatic carbocycles. The van der Waals surface area contributed by atoms with Crippen LogP contribution in [0.25, 0.3) is 0 Å². The predicted molar refractivity (Wildman–Crippen MR) is 147 cm³/mol. The van der Waals surface area contributed by atoms with Crippen molar-refractivity contribution in [2.45, 2.75) is 45.1 Å². The fourth-order valence-corrected chi connectivity index (χ4v) is 3.93. The molecule has 3 rings (SSSR count). The summed E-state index contributed by atoms with van der Waals surface area (Å²) in [6, 6.07) is 27.0. The van der Waals surface area contributed by atoms with Gasteiger partial charge >= 0.3 is 17.9 Å². The molecule has 39 heavy (non-hydrogen) atoms. The van der Waals surface area contributed by atoms with Gasteiger partial charge < -0.3 is 19.9 Å². The third kappa shape index (κ3) is 11.1. The highest BCUT2D eigenvalue weighted by atomic mass is 16.5. The van der Waals surface area contributed by atoms with E-state index in [4.69, 9.17) is 19.9 Å². The van der Waals surface area contributed by atoms with Crippen molar-refractivity contribution in [3.8, 4) is 0 Å². The van der Waals surface area contributed by atoms with E-state index in [9.17, 15) is 14.4 Å². The van der Waals surface area contributed by atoms with E-state index in [1.54, 1.807) is 0 Å². The molecular formula is C31H36N2O6. The van der Waals surface area contributed by atoms with Crippen LogP contribution in [0.2, 0.25) is 0 Å². The number of nitrogens with zero attached hydrogens (tertiary/aromatic N) is 1. The SMILES string of the molecule is NCCCCC(C(=O)OCc1ccccc1)N(CC(=O)OCc1ccccc1)CC(=O)OCc1ccccc1. The van der Waals surface area contributed by atoms with Crippen molar-refractivity contribution in [1.82, 2.24) is 4.90 Å². The number of rotatable bonds is 16. The zero-order valence-electron chi connectivity index (χ0n) is 22.1. The molecule has 8 nitrogen and oxygen atoms in total. The summed E-state index contributed by atoms with van der Waals surface area (Å²) in [6.45, 7) is 0.161. The van der Waals surface area contributed by atoms with Gasteiger partial charge in [0.1, 0.15) is 25.9 Å². The second kappa shape index (κ2) is 16.8. The van der Waals surface area contributed by atoms with Gasteiger partial charge in [-0.25, -0.2) is 0 Å². The van der Waals surface area contributed by atoms with E-state index in [-0.39, 0.29) is 32.9 Å². The van der Waals surface area contributed by atoms with Crippen LogP contribution in [0.3, 0.4) is 0 Å². The van der Waals surface area contributed by atoms with E-state index >= 15 is 0 Å². The van der Waals surface area contributed by atoms with E-state index in [2.05, 4.69) is 0 Å². The van der Waals surface area contributed by atoms with Crippen LogP contribution in [0.4, 0.5) is 0 Å². The maximum absolute atomic E-state index is 13.3. The first kappa shape index (κ1) is 29.5. The summed E-state index contributed by atoms with van der Waals surface area (Å²) in [5.74, 6) is -1.65. The molecule has 8 heteroatoms. The molecule has 0 amide bonds. The largest absolute Gasteiger partial charge is 0.460 e. The molecule has 0 spiro atoms. The van der Waals surface area contributed by atoms with Crippen molar-refractivity contribution < 1.29 is 28.6 Å². The normalized spacial score (nSPS) is 11.5. The number of hydrogen-bond donors (Lipinski definition) is 1. The lowest BCUT2D eigenvalue weighted by atomic mass is 10.1. The number of hydrogen-bond acceptors (Lipinski definition) is 8. The van der Waals surface area contributed by atoms with Crippen LogP contribution in [-0.4, -0.2) is 48.5 Å². The maximum atomic E-state index is 13.3. The number of ether oxygens (including phenoxy) is 3. The zero-order chi connectivity index (χ0) is 27.7. The van der Waals surface area contributed by atoms with Gasteiger partial charge in [0.25, 0.3) is 0 Å². The van der Waals surface area contributed by atoms with Crippen molar-refractivity contribution in [3.05, 3.63) is 108 Å². The van der Waals surface area contributed by atoms with Crippen LogP contribution in [0, 0.1) is 0 Å². The van der Waals surface area contributed by atoms with E-state index < -0.39 is 23.9 Å². The van der Waals surface area contributed by atoms with E-state index in [1.165, 1.54) is 4.90 Å². The fraction of sp³-hybridized carbons (Fsp3) is 0.323. The van der Waals surface area contributed by atoms with Gasteiger partial charge in [0.2, 0.25) is 0 Å². The Hall–Kier alpha value is -4.01. The lowest BCUT2D eigenvalue weighted by Gasteiger charge is -2.28. The van der Waals surface area contributed by atoms with E-state index in [0.717, 1.165) is 16.7 Å². The minimum Gasteiger partial charge on any atom is -0.460 e. The summed E-state index contributed by atoms with van der Waals surface area (Å²) in [5, 5.41) is 0. The Kier molecular flexibility index (Phi) is 12.7. The second-order valence-electron chi connectivity index (χ2n) is 9.09. The molecule has 0 aliphatic rings. The van der Waals surface area contributed by atoms with Crippen molar-refractivity contribution in [3.63, 3.8) is 0 Å². The van der Waals surface area contributed by atoms with Crippen LogP contribution in [0.5, 0.6) is 0 Å². The molecule has 1 unspecified atom stereocenters. The summed E-state index contributed by atoms with van der Waals surface area (Å²) in [7, 11) is 0. The summed E-state index contributed by atoms with van der Waals surface area (Å²) >= 11 is 0. The molecule has 0 saturated carbocycles. The maximum Gasteiger partial charge on any atom is 0.323 e. The summed E-state index contributed by atoms with van der Waals surface area (Å²) in [4.78, 5) is 40.4. The highest BCUT2D eigenvalue weighted by Gasteiger charge is 2.31. The van der Waals surface area contributed by atoms with Crippen LogP contribution in [-0.2, 0) is 48.4 Å². The van der Waals surface area contributed by atoms with E-state index in [1.807, 2.05) is 91.0 Å². The van der Waals surface area contributed by atoms with Crippen molar-refractivity contribution in [2.24, 2.45) is 5.73 Å². The van der Waals surface area contributed by atoms with Crippen LogP contribution >= 0.6 is 0 Å². The number of carbonyl (C=O) groups is 3. The van der Waals surface area contributed by atoms with Gasteiger partial charge in [-0.05, 0) is 36.1 Å². The molecular weight excluding hydrogens is 496 g/mol. The Balaban J connectivity index is 1.71. The Morgan fingerprint density at radius 2 is 1.03 bits per heavy atom. The first-order valence-electron chi connectivity index (χ1n) is 13.1. The average molecular weight is 533 g/mol. The lowest BCUT2D eigenvalue weighted by Crippen LogP contribution is -2.47. The van der Waals surface area contributed by atoms with Gasteiger partial charge in [-0.3, -0.25) is 19.3 Å². The number of benzene rings is 3. The molecule has 2 N–H and O–H groups in total. The Labute approximate surface area is 229 Å². The first-order chi connectivity index (χ1) is 19.0. The quantitative estimate of drug-likeness (QED) is 0.167. The highest BCUT2D eigenvalue weighted by molar-refractivity contribution is 5.80. The molecule has 1 atom stereocenters. The van der Waals surface area contributed by atoms with Crippen LogP contribution < -0.4 is 5.73 Å². The number of nitrogens with two attached hydrogens (primary N) is 1. The average Bonchev–Trinajstić information content (AvgIpc) is 2.97. The predicted octanol–water partition coefficient (Wildman–Crippen LogP) is 4.02. The van der Waals surface area contributed by atoms with Gasteiger partial charge in [0.15, 0.2) is 0 Å². The Bertz CT molecular complexity index is 1080. The third-order valence-corrected chi connectivity index (χ3v) is 6.02. The van der Waals surface area contributed by atoms with Gasteiger partial charge in [0, 0.05) is 0 Å². The molecule has 0 aliphatic heterocycles. The third-order valence-electron chi connectivity index (χ3n) is 6.02. The fourth-order valence-electron chi connectivity index (χ4n) is 3.93. The number of esters is 3. The van der Waals surface area contributed by atoms with Gasteiger partial charge in [-0.15, -0.1) is 0 Å². The van der Waals surface area contributed by atoms with Crippen molar-refractivity contribution >= 4 is 17.9 Å². The zero-order valence-corrected chi connectivity index (χ0v) is 22.1. The minimum atomic E-state index is -0.853. The topological polar surface area (TPSA) is 108 Å². The molecule has 206 valence electrons. The molecule has 0 fully saturated rings. The second-order valence-corrected chi connectivity index (χ2v) is 9.09. The van der Waals surface area contributed by atoms with Gasteiger partial charge in [-0.2, -0.15) is 0 Å². The smallest absolute Gasteiger partial charge is 0.323 e. The number of unbranched alkanes of at least 4 members (excludes halogenated alkanes) is 1. The van der Waals surface area contributed by atoms with Crippen LogP contribution in [0.15, 0.2) is 91.0 Å².